The first-order chi connectivity index (χ1) is 13.4. The van der Waals surface area contributed by atoms with Gasteiger partial charge < -0.3 is 24.6 Å². The van der Waals surface area contributed by atoms with Crippen LogP contribution in [0, 0.1) is 5.92 Å². The van der Waals surface area contributed by atoms with Gasteiger partial charge in [-0.3, -0.25) is 4.68 Å². The van der Waals surface area contributed by atoms with Crippen molar-refractivity contribution >= 4 is 6.09 Å². The van der Waals surface area contributed by atoms with E-state index in [0.717, 1.165) is 9.58 Å². The van der Waals surface area contributed by atoms with Gasteiger partial charge in [0, 0.05) is 25.7 Å². The third-order valence-corrected chi connectivity index (χ3v) is 5.56. The standard InChI is InChI=1S/C16H19F6N3O4/c17-15(18,19)9-6-23-25(7-9)11-5-14(1-3-24(4-2-14)13(27)28)29-12(11)10(8-26)16(20,21)22/h6-7,10-12,26H,1-5,8H2,(H,27,28)/p-1/t10?,11?,12-/m1/s1. The maximum atomic E-state index is 13.4. The molecule has 1 amide bonds. The van der Waals surface area contributed by atoms with E-state index in [4.69, 9.17) is 4.74 Å². The number of aliphatic hydroxyl groups is 1. The molecule has 3 rings (SSSR count). The molecule has 1 spiro atoms. The number of rotatable bonds is 3. The summed E-state index contributed by atoms with van der Waals surface area (Å²) >= 11 is 0. The number of aliphatic hydroxyl groups excluding tert-OH is 1. The predicted molar refractivity (Wildman–Crippen MR) is 81.3 cm³/mol. The SMILES string of the molecule is O=C([O-])N1CCC2(CC1)CC(n1cc(C(F)(F)F)cn1)[C@@H](C(CO)C(F)(F)F)O2. The zero-order valence-corrected chi connectivity index (χ0v) is 14.9. The average Bonchev–Trinajstić information content (AvgIpc) is 3.20. The number of aromatic nitrogens is 2. The van der Waals surface area contributed by atoms with E-state index in [1.165, 1.54) is 0 Å². The number of carboxylic acid groups (broad SMARTS) is 1. The molecule has 0 bridgehead atoms. The molecule has 2 saturated heterocycles. The number of ether oxygens (including phenoxy) is 1. The zero-order valence-electron chi connectivity index (χ0n) is 14.9. The maximum absolute atomic E-state index is 13.4. The van der Waals surface area contributed by atoms with E-state index in [1.807, 2.05) is 0 Å². The van der Waals surface area contributed by atoms with Crippen LogP contribution in [0.1, 0.15) is 30.9 Å². The van der Waals surface area contributed by atoms with Crippen molar-refractivity contribution in [1.29, 1.82) is 0 Å². The first kappa shape index (κ1) is 21.7. The van der Waals surface area contributed by atoms with Gasteiger partial charge in [0.05, 0.1) is 36.1 Å². The van der Waals surface area contributed by atoms with Gasteiger partial charge in [-0.1, -0.05) is 0 Å². The molecule has 1 aromatic rings. The van der Waals surface area contributed by atoms with Crippen molar-refractivity contribution in [2.24, 2.45) is 5.92 Å². The van der Waals surface area contributed by atoms with Crippen LogP contribution >= 0.6 is 0 Å². The summed E-state index contributed by atoms with van der Waals surface area (Å²) in [5.74, 6) is -2.33. The van der Waals surface area contributed by atoms with E-state index in [1.54, 1.807) is 0 Å². The lowest BCUT2D eigenvalue weighted by molar-refractivity contribution is -0.268. The van der Waals surface area contributed by atoms with Crippen LogP contribution in [0.4, 0.5) is 31.1 Å². The van der Waals surface area contributed by atoms with E-state index >= 15 is 0 Å². The molecule has 164 valence electrons. The normalized spacial score (nSPS) is 26.1. The van der Waals surface area contributed by atoms with E-state index in [2.05, 4.69) is 5.10 Å². The third-order valence-electron chi connectivity index (χ3n) is 5.56. The fourth-order valence-corrected chi connectivity index (χ4v) is 3.99. The molecule has 29 heavy (non-hydrogen) atoms. The number of carbonyl (C=O) groups excluding carboxylic acids is 1. The number of nitrogens with zero attached hydrogens (tertiary/aromatic N) is 3. The topological polar surface area (TPSA) is 90.7 Å². The molecule has 7 nitrogen and oxygen atoms in total. The second-order valence-corrected chi connectivity index (χ2v) is 7.33. The van der Waals surface area contributed by atoms with Gasteiger partial charge in [-0.05, 0) is 12.8 Å². The van der Waals surface area contributed by atoms with Crippen LogP contribution in [0.15, 0.2) is 12.4 Å². The third kappa shape index (κ3) is 4.29. The smallest absolute Gasteiger partial charge is 0.419 e. The van der Waals surface area contributed by atoms with Gasteiger partial charge in [0.15, 0.2) is 0 Å². The summed E-state index contributed by atoms with van der Waals surface area (Å²) in [6.07, 6.45) is -11.5. The molecule has 0 aliphatic carbocycles. The molecule has 2 unspecified atom stereocenters. The fourth-order valence-electron chi connectivity index (χ4n) is 3.99. The van der Waals surface area contributed by atoms with Gasteiger partial charge in [0.1, 0.15) is 12.0 Å². The quantitative estimate of drug-likeness (QED) is 0.736. The summed E-state index contributed by atoms with van der Waals surface area (Å²) in [4.78, 5) is 11.9. The number of likely N-dealkylation sites (tertiary alicyclic amines) is 1. The van der Waals surface area contributed by atoms with Gasteiger partial charge in [0.2, 0.25) is 0 Å². The Balaban J connectivity index is 1.91. The molecule has 13 heteroatoms. The molecule has 0 aromatic carbocycles. The molecule has 2 fully saturated rings. The molecule has 3 heterocycles. The van der Waals surface area contributed by atoms with Crippen molar-refractivity contribution in [1.82, 2.24) is 14.7 Å². The molecule has 2 aliphatic rings. The van der Waals surface area contributed by atoms with Crippen molar-refractivity contribution in [3.8, 4) is 0 Å². The Bertz CT molecular complexity index is 742. The van der Waals surface area contributed by atoms with Crippen LogP contribution in [0.5, 0.6) is 0 Å². The lowest BCUT2D eigenvalue weighted by Crippen LogP contribution is -2.51. The lowest BCUT2D eigenvalue weighted by atomic mass is 9.86. The summed E-state index contributed by atoms with van der Waals surface area (Å²) in [5, 5.41) is 23.9. The Morgan fingerprint density at radius 1 is 1.31 bits per heavy atom. The Labute approximate surface area is 160 Å². The molecule has 0 radical (unpaired) electrons. The van der Waals surface area contributed by atoms with Crippen molar-refractivity contribution in [2.75, 3.05) is 19.7 Å². The van der Waals surface area contributed by atoms with Crippen LogP contribution in [-0.4, -0.2) is 63.5 Å². The van der Waals surface area contributed by atoms with Crippen LogP contribution in [0.2, 0.25) is 0 Å². The van der Waals surface area contributed by atoms with Gasteiger partial charge >= 0.3 is 12.4 Å². The van der Waals surface area contributed by atoms with E-state index in [9.17, 15) is 41.4 Å². The Morgan fingerprint density at radius 2 is 1.93 bits per heavy atom. The minimum atomic E-state index is -4.85. The molecule has 0 saturated carbocycles. The second kappa shape index (κ2) is 7.35. The van der Waals surface area contributed by atoms with Crippen LogP contribution in [0.25, 0.3) is 0 Å². The largest absolute Gasteiger partial charge is 0.530 e. The van der Waals surface area contributed by atoms with Crippen molar-refractivity contribution < 1.29 is 46.1 Å². The second-order valence-electron chi connectivity index (χ2n) is 7.33. The van der Waals surface area contributed by atoms with Crippen molar-refractivity contribution in [2.45, 2.75) is 49.4 Å². The lowest BCUT2D eigenvalue weighted by Gasteiger charge is -2.40. The Morgan fingerprint density at radius 3 is 2.38 bits per heavy atom. The van der Waals surface area contributed by atoms with Gasteiger partial charge in [-0.15, -0.1) is 0 Å². The molecular formula is C16H18F6N3O4-. The van der Waals surface area contributed by atoms with E-state index < -0.39 is 54.3 Å². The van der Waals surface area contributed by atoms with Crippen LogP contribution < -0.4 is 5.11 Å². The highest BCUT2D eigenvalue weighted by atomic mass is 19.4. The number of amides is 1. The number of carbonyl (C=O) groups is 1. The van der Waals surface area contributed by atoms with Crippen LogP contribution in [-0.2, 0) is 10.9 Å². The number of hydrogen-bond donors (Lipinski definition) is 1. The fraction of sp³-hybridized carbons (Fsp3) is 0.750. The highest BCUT2D eigenvalue weighted by Gasteiger charge is 2.57. The Hall–Kier alpha value is -2.02. The first-order valence-electron chi connectivity index (χ1n) is 8.79. The highest BCUT2D eigenvalue weighted by molar-refractivity contribution is 5.62. The van der Waals surface area contributed by atoms with Crippen molar-refractivity contribution in [3.05, 3.63) is 18.0 Å². The minimum Gasteiger partial charge on any atom is -0.530 e. The predicted octanol–water partition coefficient (Wildman–Crippen LogP) is 1.58. The van der Waals surface area contributed by atoms with E-state index in [-0.39, 0.29) is 32.4 Å². The summed E-state index contributed by atoms with van der Waals surface area (Å²) in [5.41, 5.74) is -2.28. The molecular weight excluding hydrogens is 412 g/mol. The van der Waals surface area contributed by atoms with Gasteiger partial charge in [0.25, 0.3) is 0 Å². The van der Waals surface area contributed by atoms with E-state index in [0.29, 0.717) is 12.4 Å². The molecule has 1 aromatic heterocycles. The zero-order chi connectivity index (χ0) is 21.6. The number of halogens is 6. The first-order valence-corrected chi connectivity index (χ1v) is 8.79. The maximum Gasteiger partial charge on any atom is 0.419 e. The van der Waals surface area contributed by atoms with Gasteiger partial charge in [-0.2, -0.15) is 31.4 Å². The molecule has 3 atom stereocenters. The van der Waals surface area contributed by atoms with Crippen LogP contribution in [0.3, 0.4) is 0 Å². The molecule has 1 N–H and O–H groups in total. The summed E-state index contributed by atoms with van der Waals surface area (Å²) < 4.78 is 85.5. The number of alkyl halides is 6. The summed E-state index contributed by atoms with van der Waals surface area (Å²) in [6.45, 7) is -1.38. The average molecular weight is 430 g/mol. The Kier molecular flexibility index (Phi) is 5.49. The highest BCUT2D eigenvalue weighted by Crippen LogP contribution is 2.49. The summed E-state index contributed by atoms with van der Waals surface area (Å²) in [6, 6.07) is -1.21. The van der Waals surface area contributed by atoms with Crippen molar-refractivity contribution in [3.63, 3.8) is 0 Å². The summed E-state index contributed by atoms with van der Waals surface area (Å²) in [7, 11) is 0. The number of piperidine rings is 1. The monoisotopic (exact) mass is 430 g/mol. The number of hydrogen-bond acceptors (Lipinski definition) is 5. The minimum absolute atomic E-state index is 0.0372. The van der Waals surface area contributed by atoms with Gasteiger partial charge in [-0.25, -0.2) is 0 Å². The molecule has 2 aliphatic heterocycles.